The van der Waals surface area contributed by atoms with Gasteiger partial charge in [-0.1, -0.05) is 12.1 Å². The molecule has 1 atom stereocenters. The molecule has 60 valence electrons. The summed E-state index contributed by atoms with van der Waals surface area (Å²) in [6.45, 7) is 1.99. The Morgan fingerprint density at radius 1 is 1.45 bits per heavy atom. The maximum absolute atomic E-state index is 5.60. The average molecular weight is 151 g/mol. The molecule has 0 spiro atoms. The van der Waals surface area contributed by atoms with E-state index in [2.05, 4.69) is 0 Å². The van der Waals surface area contributed by atoms with Crippen LogP contribution in [0.5, 0.6) is 0 Å². The summed E-state index contributed by atoms with van der Waals surface area (Å²) < 4.78 is 5.14. The molecule has 2 heteroatoms. The summed E-state index contributed by atoms with van der Waals surface area (Å²) in [6.07, 6.45) is 0.124. The van der Waals surface area contributed by atoms with Gasteiger partial charge in [-0.05, 0) is 24.6 Å². The van der Waals surface area contributed by atoms with Crippen molar-refractivity contribution in [2.45, 2.75) is 13.0 Å². The number of nitrogens with two attached hydrogens (primary N) is 1. The van der Waals surface area contributed by atoms with E-state index in [-0.39, 0.29) is 6.10 Å². The molecule has 0 saturated heterocycles. The van der Waals surface area contributed by atoms with Gasteiger partial charge >= 0.3 is 0 Å². The monoisotopic (exact) mass is 151 g/mol. The number of rotatable bonds is 2. The summed E-state index contributed by atoms with van der Waals surface area (Å²) in [5, 5.41) is 0. The molecule has 11 heavy (non-hydrogen) atoms. The summed E-state index contributed by atoms with van der Waals surface area (Å²) in [7, 11) is 1.69. The first-order chi connectivity index (χ1) is 5.24. The highest BCUT2D eigenvalue weighted by atomic mass is 16.5. The molecular formula is C9H13NO. The van der Waals surface area contributed by atoms with Crippen molar-refractivity contribution in [1.82, 2.24) is 0 Å². The topological polar surface area (TPSA) is 35.2 Å². The highest BCUT2D eigenvalue weighted by Gasteiger charge is 2.01. The van der Waals surface area contributed by atoms with Crippen LogP contribution in [0.4, 0.5) is 5.69 Å². The van der Waals surface area contributed by atoms with Crippen LogP contribution in [0.25, 0.3) is 0 Å². The maximum Gasteiger partial charge on any atom is 0.0793 e. The minimum absolute atomic E-state index is 0.124. The summed E-state index contributed by atoms with van der Waals surface area (Å²) in [6, 6.07) is 7.73. The van der Waals surface area contributed by atoms with Gasteiger partial charge in [-0.15, -0.1) is 0 Å². The lowest BCUT2D eigenvalue weighted by Gasteiger charge is -2.09. The van der Waals surface area contributed by atoms with E-state index in [1.165, 1.54) is 0 Å². The molecular weight excluding hydrogens is 138 g/mol. The van der Waals surface area contributed by atoms with Crippen molar-refractivity contribution in [2.24, 2.45) is 0 Å². The first-order valence-electron chi connectivity index (χ1n) is 3.62. The van der Waals surface area contributed by atoms with E-state index in [1.807, 2.05) is 31.2 Å². The first kappa shape index (κ1) is 8.08. The van der Waals surface area contributed by atoms with E-state index < -0.39 is 0 Å². The molecule has 2 N–H and O–H groups in total. The lowest BCUT2D eigenvalue weighted by molar-refractivity contribution is 0.119. The third-order valence-electron chi connectivity index (χ3n) is 1.73. The Bertz CT molecular complexity index is 235. The van der Waals surface area contributed by atoms with Gasteiger partial charge in [0.15, 0.2) is 0 Å². The Morgan fingerprint density at radius 2 is 2.18 bits per heavy atom. The van der Waals surface area contributed by atoms with E-state index in [0.29, 0.717) is 0 Å². The Hall–Kier alpha value is -1.02. The standard InChI is InChI=1S/C9H13NO/c1-7(11-2)8-4-3-5-9(10)6-8/h3-7H,10H2,1-2H3/t7-/m0/s1. The third kappa shape index (κ3) is 1.95. The van der Waals surface area contributed by atoms with Crippen LogP contribution in [-0.2, 0) is 4.74 Å². The fourth-order valence-corrected chi connectivity index (χ4v) is 0.948. The summed E-state index contributed by atoms with van der Waals surface area (Å²) >= 11 is 0. The largest absolute Gasteiger partial charge is 0.399 e. The Labute approximate surface area is 67.0 Å². The molecule has 0 aromatic heterocycles. The van der Waals surface area contributed by atoms with Crippen LogP contribution in [0.15, 0.2) is 24.3 Å². The van der Waals surface area contributed by atoms with Gasteiger partial charge in [0.05, 0.1) is 6.10 Å². The molecule has 1 aromatic rings. The molecule has 2 nitrogen and oxygen atoms in total. The normalized spacial score (nSPS) is 12.9. The Balaban J connectivity index is 2.86. The zero-order valence-electron chi connectivity index (χ0n) is 6.87. The highest BCUT2D eigenvalue weighted by Crippen LogP contribution is 2.17. The van der Waals surface area contributed by atoms with Crippen molar-refractivity contribution in [3.8, 4) is 0 Å². The number of ether oxygens (including phenoxy) is 1. The van der Waals surface area contributed by atoms with Gasteiger partial charge in [-0.3, -0.25) is 0 Å². The fraction of sp³-hybridized carbons (Fsp3) is 0.333. The van der Waals surface area contributed by atoms with Crippen LogP contribution >= 0.6 is 0 Å². The van der Waals surface area contributed by atoms with E-state index in [1.54, 1.807) is 7.11 Å². The molecule has 0 fully saturated rings. The second-order valence-corrected chi connectivity index (χ2v) is 2.55. The van der Waals surface area contributed by atoms with Crippen molar-refractivity contribution in [3.05, 3.63) is 29.8 Å². The number of benzene rings is 1. The predicted molar refractivity (Wildman–Crippen MR) is 46.3 cm³/mol. The fourth-order valence-electron chi connectivity index (χ4n) is 0.948. The smallest absolute Gasteiger partial charge is 0.0793 e. The van der Waals surface area contributed by atoms with Crippen LogP contribution in [0, 0.1) is 0 Å². The molecule has 0 unspecified atom stereocenters. The quantitative estimate of drug-likeness (QED) is 0.656. The summed E-state index contributed by atoms with van der Waals surface area (Å²) in [5.41, 5.74) is 7.50. The summed E-state index contributed by atoms with van der Waals surface area (Å²) in [5.74, 6) is 0. The summed E-state index contributed by atoms with van der Waals surface area (Å²) in [4.78, 5) is 0. The number of anilines is 1. The third-order valence-corrected chi connectivity index (χ3v) is 1.73. The minimum Gasteiger partial charge on any atom is -0.399 e. The van der Waals surface area contributed by atoms with Gasteiger partial charge in [-0.2, -0.15) is 0 Å². The Morgan fingerprint density at radius 3 is 2.73 bits per heavy atom. The zero-order chi connectivity index (χ0) is 8.27. The van der Waals surface area contributed by atoms with Gasteiger partial charge in [0, 0.05) is 12.8 Å². The van der Waals surface area contributed by atoms with Crippen molar-refractivity contribution < 1.29 is 4.74 Å². The van der Waals surface area contributed by atoms with Crippen molar-refractivity contribution >= 4 is 5.69 Å². The molecule has 0 aliphatic rings. The second kappa shape index (κ2) is 3.39. The van der Waals surface area contributed by atoms with Crippen molar-refractivity contribution in [3.63, 3.8) is 0 Å². The molecule has 0 aliphatic heterocycles. The van der Waals surface area contributed by atoms with E-state index >= 15 is 0 Å². The van der Waals surface area contributed by atoms with Gasteiger partial charge in [0.1, 0.15) is 0 Å². The SMILES string of the molecule is CO[C@@H](C)c1cccc(N)c1. The number of hydrogen-bond donors (Lipinski definition) is 1. The number of methoxy groups -OCH3 is 1. The van der Waals surface area contributed by atoms with Crippen molar-refractivity contribution in [1.29, 1.82) is 0 Å². The zero-order valence-corrected chi connectivity index (χ0v) is 6.87. The van der Waals surface area contributed by atoms with Gasteiger partial charge < -0.3 is 10.5 Å². The molecule has 0 aliphatic carbocycles. The number of hydrogen-bond acceptors (Lipinski definition) is 2. The maximum atomic E-state index is 5.60. The Kier molecular flexibility index (Phi) is 2.49. The molecule has 1 aromatic carbocycles. The molecule has 0 saturated carbocycles. The number of nitrogen functional groups attached to an aromatic ring is 1. The molecule has 0 radical (unpaired) electrons. The highest BCUT2D eigenvalue weighted by molar-refractivity contribution is 5.41. The van der Waals surface area contributed by atoms with Crippen LogP contribution < -0.4 is 5.73 Å². The van der Waals surface area contributed by atoms with E-state index in [0.717, 1.165) is 11.3 Å². The predicted octanol–water partition coefficient (Wildman–Crippen LogP) is 1.98. The second-order valence-electron chi connectivity index (χ2n) is 2.55. The molecule has 0 bridgehead atoms. The van der Waals surface area contributed by atoms with Crippen LogP contribution in [0.1, 0.15) is 18.6 Å². The van der Waals surface area contributed by atoms with Gasteiger partial charge in [0.2, 0.25) is 0 Å². The lowest BCUT2D eigenvalue weighted by atomic mass is 10.1. The van der Waals surface area contributed by atoms with Gasteiger partial charge in [-0.25, -0.2) is 0 Å². The van der Waals surface area contributed by atoms with E-state index in [4.69, 9.17) is 10.5 Å². The molecule has 0 heterocycles. The average Bonchev–Trinajstić information content (AvgIpc) is 2.03. The lowest BCUT2D eigenvalue weighted by Crippen LogP contribution is -1.96. The van der Waals surface area contributed by atoms with Crippen LogP contribution in [-0.4, -0.2) is 7.11 Å². The minimum atomic E-state index is 0.124. The molecule has 0 amide bonds. The van der Waals surface area contributed by atoms with E-state index in [9.17, 15) is 0 Å². The van der Waals surface area contributed by atoms with Gasteiger partial charge in [0.25, 0.3) is 0 Å². The van der Waals surface area contributed by atoms with Crippen LogP contribution in [0.3, 0.4) is 0 Å². The van der Waals surface area contributed by atoms with Crippen LogP contribution in [0.2, 0.25) is 0 Å². The first-order valence-corrected chi connectivity index (χ1v) is 3.62. The molecule has 1 rings (SSSR count). The van der Waals surface area contributed by atoms with Crippen molar-refractivity contribution in [2.75, 3.05) is 12.8 Å².